The number of rotatable bonds is 4. The van der Waals surface area contributed by atoms with Crippen LogP contribution in [0, 0.1) is 0 Å². The summed E-state index contributed by atoms with van der Waals surface area (Å²) in [5.41, 5.74) is 3.86. The van der Waals surface area contributed by atoms with Crippen LogP contribution in [0.3, 0.4) is 0 Å². The first-order valence-corrected chi connectivity index (χ1v) is 10.5. The SMILES string of the molecule is CC(=O)N1CCC[C@@H](c2ncc3c(n2)CCN(C[C@H](C)c2ccccc2)C3)C1. The van der Waals surface area contributed by atoms with E-state index >= 15 is 0 Å². The molecule has 1 aromatic heterocycles. The summed E-state index contributed by atoms with van der Waals surface area (Å²) >= 11 is 0. The molecule has 0 N–H and O–H groups in total. The van der Waals surface area contributed by atoms with Crippen molar-refractivity contribution in [2.45, 2.75) is 51.5 Å². The van der Waals surface area contributed by atoms with E-state index in [1.54, 1.807) is 6.92 Å². The third-order valence-electron chi connectivity index (χ3n) is 6.16. The molecule has 1 amide bonds. The fraction of sp³-hybridized carbons (Fsp3) is 0.522. The summed E-state index contributed by atoms with van der Waals surface area (Å²) < 4.78 is 0. The molecule has 148 valence electrons. The van der Waals surface area contributed by atoms with Crippen LogP contribution in [0.15, 0.2) is 36.5 Å². The average molecular weight is 379 g/mol. The molecule has 1 saturated heterocycles. The van der Waals surface area contributed by atoms with Crippen LogP contribution in [0.2, 0.25) is 0 Å². The van der Waals surface area contributed by atoms with Crippen molar-refractivity contribution in [3.8, 4) is 0 Å². The highest BCUT2D eigenvalue weighted by molar-refractivity contribution is 5.73. The molecule has 0 saturated carbocycles. The molecule has 4 rings (SSSR count). The lowest BCUT2D eigenvalue weighted by Crippen LogP contribution is -2.38. The quantitative estimate of drug-likeness (QED) is 0.819. The fourth-order valence-electron chi connectivity index (χ4n) is 4.49. The van der Waals surface area contributed by atoms with Crippen LogP contribution in [0.5, 0.6) is 0 Å². The molecule has 0 unspecified atom stereocenters. The number of benzene rings is 1. The minimum Gasteiger partial charge on any atom is -0.342 e. The van der Waals surface area contributed by atoms with Gasteiger partial charge in [0.25, 0.3) is 0 Å². The van der Waals surface area contributed by atoms with Gasteiger partial charge >= 0.3 is 0 Å². The van der Waals surface area contributed by atoms with Gasteiger partial charge in [-0.15, -0.1) is 0 Å². The molecular formula is C23H30N4O. The van der Waals surface area contributed by atoms with E-state index < -0.39 is 0 Å². The van der Waals surface area contributed by atoms with Gasteiger partial charge < -0.3 is 4.90 Å². The topological polar surface area (TPSA) is 49.3 Å². The van der Waals surface area contributed by atoms with Crippen LogP contribution in [0.25, 0.3) is 0 Å². The summed E-state index contributed by atoms with van der Waals surface area (Å²) in [6, 6.07) is 10.7. The normalized spacial score (nSPS) is 21.2. The molecule has 28 heavy (non-hydrogen) atoms. The molecule has 5 heteroatoms. The van der Waals surface area contributed by atoms with Crippen molar-refractivity contribution in [1.29, 1.82) is 0 Å². The molecule has 0 spiro atoms. The first-order chi connectivity index (χ1) is 13.6. The van der Waals surface area contributed by atoms with Gasteiger partial charge in [-0.3, -0.25) is 9.69 Å². The van der Waals surface area contributed by atoms with E-state index in [4.69, 9.17) is 9.97 Å². The molecule has 0 aliphatic carbocycles. The maximum Gasteiger partial charge on any atom is 0.219 e. The Morgan fingerprint density at radius 2 is 2.07 bits per heavy atom. The number of hydrogen-bond acceptors (Lipinski definition) is 4. The number of likely N-dealkylation sites (tertiary alicyclic amines) is 1. The largest absolute Gasteiger partial charge is 0.342 e. The Balaban J connectivity index is 1.41. The second kappa shape index (κ2) is 8.39. The van der Waals surface area contributed by atoms with Crippen LogP contribution in [0.1, 0.15) is 61.2 Å². The smallest absolute Gasteiger partial charge is 0.219 e. The van der Waals surface area contributed by atoms with Crippen molar-refractivity contribution in [2.24, 2.45) is 0 Å². The van der Waals surface area contributed by atoms with E-state index in [0.717, 1.165) is 57.8 Å². The number of carbonyl (C=O) groups excluding carboxylic acids is 1. The van der Waals surface area contributed by atoms with Crippen molar-refractivity contribution in [1.82, 2.24) is 19.8 Å². The van der Waals surface area contributed by atoms with Crippen molar-refractivity contribution in [2.75, 3.05) is 26.2 Å². The number of carbonyl (C=O) groups is 1. The highest BCUT2D eigenvalue weighted by Crippen LogP contribution is 2.27. The van der Waals surface area contributed by atoms with Gasteiger partial charge in [-0.05, 0) is 24.3 Å². The zero-order valence-electron chi connectivity index (χ0n) is 17.0. The van der Waals surface area contributed by atoms with E-state index in [2.05, 4.69) is 42.2 Å². The van der Waals surface area contributed by atoms with E-state index in [9.17, 15) is 4.79 Å². The van der Waals surface area contributed by atoms with Crippen LogP contribution in [-0.4, -0.2) is 51.9 Å². The predicted molar refractivity (Wildman–Crippen MR) is 110 cm³/mol. The Bertz CT molecular complexity index is 823. The van der Waals surface area contributed by atoms with Crippen molar-refractivity contribution in [3.05, 3.63) is 59.2 Å². The molecule has 1 aromatic carbocycles. The summed E-state index contributed by atoms with van der Waals surface area (Å²) in [6.07, 6.45) is 5.12. The van der Waals surface area contributed by atoms with Gasteiger partial charge in [0.05, 0.1) is 0 Å². The van der Waals surface area contributed by atoms with E-state index in [1.807, 2.05) is 11.1 Å². The number of piperidine rings is 1. The first-order valence-electron chi connectivity index (χ1n) is 10.5. The Hall–Kier alpha value is -2.27. The second-order valence-electron chi connectivity index (χ2n) is 8.30. The highest BCUT2D eigenvalue weighted by atomic mass is 16.2. The number of amides is 1. The van der Waals surface area contributed by atoms with E-state index in [-0.39, 0.29) is 11.8 Å². The maximum atomic E-state index is 11.7. The van der Waals surface area contributed by atoms with Crippen LogP contribution in [0.4, 0.5) is 0 Å². The van der Waals surface area contributed by atoms with Crippen LogP contribution >= 0.6 is 0 Å². The van der Waals surface area contributed by atoms with Crippen molar-refractivity contribution < 1.29 is 4.79 Å². The monoisotopic (exact) mass is 378 g/mol. The van der Waals surface area contributed by atoms with Crippen molar-refractivity contribution in [3.63, 3.8) is 0 Å². The lowest BCUT2D eigenvalue weighted by molar-refractivity contribution is -0.130. The Morgan fingerprint density at radius 1 is 1.25 bits per heavy atom. The maximum absolute atomic E-state index is 11.7. The second-order valence-corrected chi connectivity index (χ2v) is 8.30. The number of aromatic nitrogens is 2. The van der Waals surface area contributed by atoms with E-state index in [0.29, 0.717) is 5.92 Å². The minimum absolute atomic E-state index is 0.158. The molecule has 5 nitrogen and oxygen atoms in total. The van der Waals surface area contributed by atoms with Gasteiger partial charge in [-0.25, -0.2) is 9.97 Å². The summed E-state index contributed by atoms with van der Waals surface area (Å²) in [7, 11) is 0. The van der Waals surface area contributed by atoms with Gasteiger partial charge in [0.2, 0.25) is 5.91 Å². The first kappa shape index (κ1) is 19.1. The predicted octanol–water partition coefficient (Wildman–Crippen LogP) is 3.36. The number of nitrogens with zero attached hydrogens (tertiary/aromatic N) is 4. The van der Waals surface area contributed by atoms with E-state index in [1.165, 1.54) is 16.8 Å². The molecule has 2 aromatic rings. The summed E-state index contributed by atoms with van der Waals surface area (Å²) in [5, 5.41) is 0. The van der Waals surface area contributed by atoms with Gasteiger partial charge in [0, 0.05) is 69.4 Å². The standard InChI is InChI=1S/C23H30N4O/c1-17(19-7-4-3-5-8-19)14-26-12-10-22-21(15-26)13-24-23(25-22)20-9-6-11-27(16-20)18(2)28/h3-5,7-8,13,17,20H,6,9-12,14-16H2,1-2H3/t17-,20+/m0/s1. The zero-order valence-corrected chi connectivity index (χ0v) is 17.0. The number of hydrogen-bond donors (Lipinski definition) is 0. The molecule has 3 heterocycles. The third kappa shape index (κ3) is 4.25. The minimum atomic E-state index is 0.158. The Morgan fingerprint density at radius 3 is 2.86 bits per heavy atom. The highest BCUT2D eigenvalue weighted by Gasteiger charge is 2.27. The molecule has 1 fully saturated rings. The molecule has 2 aliphatic rings. The Labute approximate surface area is 167 Å². The lowest BCUT2D eigenvalue weighted by atomic mass is 9.96. The molecular weight excluding hydrogens is 348 g/mol. The third-order valence-corrected chi connectivity index (χ3v) is 6.16. The molecule has 2 atom stereocenters. The van der Waals surface area contributed by atoms with Gasteiger partial charge in [-0.1, -0.05) is 37.3 Å². The lowest BCUT2D eigenvalue weighted by Gasteiger charge is -2.33. The van der Waals surface area contributed by atoms with Crippen LogP contribution in [-0.2, 0) is 17.8 Å². The molecule has 0 radical (unpaired) electrons. The summed E-state index contributed by atoms with van der Waals surface area (Å²) in [5.74, 6) is 1.88. The van der Waals surface area contributed by atoms with Gasteiger partial charge in [0.15, 0.2) is 0 Å². The Kier molecular flexibility index (Phi) is 5.72. The fourth-order valence-corrected chi connectivity index (χ4v) is 4.49. The summed E-state index contributed by atoms with van der Waals surface area (Å²) in [6.45, 7) is 8.61. The van der Waals surface area contributed by atoms with Crippen LogP contribution < -0.4 is 0 Å². The van der Waals surface area contributed by atoms with Crippen molar-refractivity contribution >= 4 is 5.91 Å². The average Bonchev–Trinajstić information content (AvgIpc) is 2.74. The van der Waals surface area contributed by atoms with Gasteiger partial charge in [-0.2, -0.15) is 0 Å². The number of fused-ring (bicyclic) bond motifs is 1. The molecule has 0 bridgehead atoms. The zero-order chi connectivity index (χ0) is 19.5. The molecule has 2 aliphatic heterocycles. The van der Waals surface area contributed by atoms with Gasteiger partial charge in [0.1, 0.15) is 5.82 Å². The summed E-state index contributed by atoms with van der Waals surface area (Å²) in [4.78, 5) is 25.8.